The highest BCUT2D eigenvalue weighted by atomic mass is 19.1. The summed E-state index contributed by atoms with van der Waals surface area (Å²) in [6.07, 6.45) is 3.44. The molecule has 2 rings (SSSR count). The topological polar surface area (TPSA) is 41.1 Å². The first-order valence-electron chi connectivity index (χ1n) is 6.56. The molecule has 0 fully saturated rings. The Hall–Kier alpha value is -2.01. The van der Waals surface area contributed by atoms with E-state index in [4.69, 9.17) is 0 Å². The minimum absolute atomic E-state index is 0.111. The Bertz CT molecular complexity index is 556. The van der Waals surface area contributed by atoms with Gasteiger partial charge in [-0.3, -0.25) is 4.98 Å². The molecule has 0 spiro atoms. The molecule has 1 heterocycles. The van der Waals surface area contributed by atoms with Gasteiger partial charge in [-0.2, -0.15) is 0 Å². The average molecular weight is 274 g/mol. The van der Waals surface area contributed by atoms with E-state index < -0.39 is 0 Å². The molecule has 0 bridgehead atoms. The number of hydrogen-bond donors (Lipinski definition) is 1. The summed E-state index contributed by atoms with van der Waals surface area (Å²) in [7, 11) is 3.75. The molecular formula is C15H19FN4. The lowest BCUT2D eigenvalue weighted by Crippen LogP contribution is -2.23. The highest BCUT2D eigenvalue weighted by Crippen LogP contribution is 2.25. The summed E-state index contributed by atoms with van der Waals surface area (Å²) in [4.78, 5) is 10.6. The zero-order chi connectivity index (χ0) is 14.5. The number of nitrogens with one attached hydrogen (secondary N) is 1. The maximum atomic E-state index is 13.8. The zero-order valence-electron chi connectivity index (χ0n) is 12.0. The first-order valence-corrected chi connectivity index (χ1v) is 6.56. The summed E-state index contributed by atoms with van der Waals surface area (Å²) in [6, 6.07) is 6.68. The summed E-state index contributed by atoms with van der Waals surface area (Å²) < 4.78 is 13.8. The zero-order valence-corrected chi connectivity index (χ0v) is 12.0. The van der Waals surface area contributed by atoms with Crippen LogP contribution in [-0.4, -0.2) is 24.1 Å². The molecule has 1 aromatic carbocycles. The van der Waals surface area contributed by atoms with Gasteiger partial charge in [0.25, 0.3) is 0 Å². The van der Waals surface area contributed by atoms with Gasteiger partial charge in [-0.25, -0.2) is 9.37 Å². The Kier molecular flexibility index (Phi) is 4.63. The lowest BCUT2D eigenvalue weighted by atomic mass is 10.1. The van der Waals surface area contributed by atoms with Crippen LogP contribution in [0.25, 0.3) is 0 Å². The Morgan fingerprint density at radius 3 is 2.60 bits per heavy atom. The predicted octanol–water partition coefficient (Wildman–Crippen LogP) is 2.53. The van der Waals surface area contributed by atoms with E-state index in [9.17, 15) is 4.39 Å². The van der Waals surface area contributed by atoms with Crippen molar-refractivity contribution < 1.29 is 4.39 Å². The summed E-state index contributed by atoms with van der Waals surface area (Å²) in [6.45, 7) is 2.63. The molecule has 1 aromatic heterocycles. The van der Waals surface area contributed by atoms with E-state index in [1.165, 1.54) is 6.07 Å². The number of anilines is 1. The van der Waals surface area contributed by atoms with Crippen molar-refractivity contribution in [1.82, 2.24) is 15.3 Å². The molecule has 4 nitrogen and oxygen atoms in total. The number of rotatable bonds is 5. The normalized spacial score (nSPS) is 12.2. The number of hydrogen-bond acceptors (Lipinski definition) is 4. The largest absolute Gasteiger partial charge is 0.352 e. The minimum atomic E-state index is -0.202. The second-order valence-electron chi connectivity index (χ2n) is 4.70. The van der Waals surface area contributed by atoms with Crippen molar-refractivity contribution in [3.8, 4) is 0 Å². The van der Waals surface area contributed by atoms with E-state index in [0.29, 0.717) is 12.1 Å². The number of aromatic nitrogens is 2. The minimum Gasteiger partial charge on any atom is -0.352 e. The first kappa shape index (κ1) is 14.4. The lowest BCUT2D eigenvalue weighted by Gasteiger charge is -2.26. The fourth-order valence-corrected chi connectivity index (χ4v) is 2.02. The molecular weight excluding hydrogens is 255 g/mol. The van der Waals surface area contributed by atoms with Gasteiger partial charge < -0.3 is 10.2 Å². The SMILES string of the molecule is CNCc1cnc(N(C)C(C)c2ccccc2F)cn1. The van der Waals surface area contributed by atoms with Gasteiger partial charge in [0.2, 0.25) is 0 Å². The molecule has 0 aliphatic rings. The molecule has 0 saturated heterocycles. The lowest BCUT2D eigenvalue weighted by molar-refractivity contribution is 0.583. The van der Waals surface area contributed by atoms with Gasteiger partial charge >= 0.3 is 0 Å². The maximum Gasteiger partial charge on any atom is 0.147 e. The summed E-state index contributed by atoms with van der Waals surface area (Å²) >= 11 is 0. The van der Waals surface area contributed by atoms with E-state index in [-0.39, 0.29) is 11.9 Å². The number of halogens is 1. The van der Waals surface area contributed by atoms with Crippen LogP contribution in [0, 0.1) is 5.82 Å². The monoisotopic (exact) mass is 274 g/mol. The Morgan fingerprint density at radius 2 is 2.00 bits per heavy atom. The van der Waals surface area contributed by atoms with Crippen LogP contribution < -0.4 is 10.2 Å². The molecule has 1 atom stereocenters. The van der Waals surface area contributed by atoms with Gasteiger partial charge in [0.15, 0.2) is 0 Å². The molecule has 0 aliphatic carbocycles. The third-order valence-corrected chi connectivity index (χ3v) is 3.35. The molecule has 0 amide bonds. The molecule has 2 aromatic rings. The van der Waals surface area contributed by atoms with Crippen LogP contribution in [-0.2, 0) is 6.54 Å². The number of benzene rings is 1. The van der Waals surface area contributed by atoms with Gasteiger partial charge in [-0.1, -0.05) is 18.2 Å². The van der Waals surface area contributed by atoms with Gasteiger partial charge in [0.1, 0.15) is 11.6 Å². The second-order valence-corrected chi connectivity index (χ2v) is 4.70. The van der Waals surface area contributed by atoms with Crippen LogP contribution in [0.4, 0.5) is 10.2 Å². The van der Waals surface area contributed by atoms with E-state index in [0.717, 1.165) is 11.5 Å². The average Bonchev–Trinajstić information content (AvgIpc) is 2.47. The Morgan fingerprint density at radius 1 is 1.25 bits per heavy atom. The Labute approximate surface area is 118 Å². The van der Waals surface area contributed by atoms with Crippen molar-refractivity contribution in [3.63, 3.8) is 0 Å². The first-order chi connectivity index (χ1) is 9.63. The van der Waals surface area contributed by atoms with Gasteiger partial charge in [-0.05, 0) is 20.0 Å². The van der Waals surface area contributed by atoms with Gasteiger partial charge in [-0.15, -0.1) is 0 Å². The second kappa shape index (κ2) is 6.43. The molecule has 0 aliphatic heterocycles. The smallest absolute Gasteiger partial charge is 0.147 e. The van der Waals surface area contributed by atoms with Gasteiger partial charge in [0.05, 0.1) is 24.1 Å². The highest BCUT2D eigenvalue weighted by Gasteiger charge is 2.16. The van der Waals surface area contributed by atoms with Crippen LogP contribution in [0.5, 0.6) is 0 Å². The van der Waals surface area contributed by atoms with Crippen molar-refractivity contribution >= 4 is 5.82 Å². The van der Waals surface area contributed by atoms with Crippen molar-refractivity contribution in [1.29, 1.82) is 0 Å². The number of nitrogens with zero attached hydrogens (tertiary/aromatic N) is 3. The van der Waals surface area contributed by atoms with Crippen LogP contribution in [0.2, 0.25) is 0 Å². The highest BCUT2D eigenvalue weighted by molar-refractivity contribution is 5.39. The standard InChI is InChI=1S/C15H19FN4/c1-11(13-6-4-5-7-14(13)16)20(3)15-10-18-12(8-17-2)9-19-15/h4-7,9-11,17H,8H2,1-3H3. The molecule has 1 N–H and O–H groups in total. The van der Waals surface area contributed by atoms with Crippen molar-refractivity contribution in [2.24, 2.45) is 0 Å². The molecule has 1 unspecified atom stereocenters. The third kappa shape index (κ3) is 3.11. The van der Waals surface area contributed by atoms with E-state index >= 15 is 0 Å². The van der Waals surface area contributed by atoms with Crippen LogP contribution in [0.3, 0.4) is 0 Å². The molecule has 0 saturated carbocycles. The van der Waals surface area contributed by atoms with Crippen LogP contribution >= 0.6 is 0 Å². The molecule has 20 heavy (non-hydrogen) atoms. The van der Waals surface area contributed by atoms with E-state index in [2.05, 4.69) is 15.3 Å². The fourth-order valence-electron chi connectivity index (χ4n) is 2.02. The van der Waals surface area contributed by atoms with Gasteiger partial charge in [0, 0.05) is 19.2 Å². The summed E-state index contributed by atoms with van der Waals surface area (Å²) in [5.41, 5.74) is 1.53. The van der Waals surface area contributed by atoms with Crippen LogP contribution in [0.1, 0.15) is 24.2 Å². The Balaban J connectivity index is 2.18. The predicted molar refractivity (Wildman–Crippen MR) is 78.0 cm³/mol. The van der Waals surface area contributed by atoms with E-state index in [1.807, 2.05) is 32.0 Å². The summed E-state index contributed by atoms with van der Waals surface area (Å²) in [5.74, 6) is 0.521. The third-order valence-electron chi connectivity index (χ3n) is 3.35. The van der Waals surface area contributed by atoms with Crippen molar-refractivity contribution in [3.05, 3.63) is 53.7 Å². The van der Waals surface area contributed by atoms with Crippen LogP contribution in [0.15, 0.2) is 36.7 Å². The molecule has 0 radical (unpaired) electrons. The molecule has 106 valence electrons. The van der Waals surface area contributed by atoms with E-state index in [1.54, 1.807) is 24.5 Å². The van der Waals surface area contributed by atoms with Crippen molar-refractivity contribution in [2.45, 2.75) is 19.5 Å². The quantitative estimate of drug-likeness (QED) is 0.909. The van der Waals surface area contributed by atoms with Crippen molar-refractivity contribution in [2.75, 3.05) is 19.0 Å². The summed E-state index contributed by atoms with van der Waals surface area (Å²) in [5, 5.41) is 3.02. The fraction of sp³-hybridized carbons (Fsp3) is 0.333. The molecule has 5 heteroatoms. The maximum absolute atomic E-state index is 13.8.